The zero-order valence-corrected chi connectivity index (χ0v) is 16.5. The standard InChI is InChI=1S/C18H19BrN4O4/c1-21(11-17(24)20-16-6-4-3-5-15(16)19)12-18(25)22(2)13-7-9-14(10-8-13)23(26)27/h3-10H,11-12H2,1-2H3,(H,20,24). The van der Waals surface area contributed by atoms with E-state index in [1.54, 1.807) is 25.1 Å². The summed E-state index contributed by atoms with van der Waals surface area (Å²) >= 11 is 3.36. The summed E-state index contributed by atoms with van der Waals surface area (Å²) in [5.74, 6) is -0.477. The van der Waals surface area contributed by atoms with E-state index in [0.29, 0.717) is 11.4 Å². The SMILES string of the molecule is CN(CC(=O)Nc1ccccc1Br)CC(=O)N(C)c1ccc([N+](=O)[O-])cc1. The van der Waals surface area contributed by atoms with E-state index in [4.69, 9.17) is 0 Å². The first kappa shape index (κ1) is 20.5. The highest BCUT2D eigenvalue weighted by molar-refractivity contribution is 9.10. The Hall–Kier alpha value is -2.78. The molecule has 27 heavy (non-hydrogen) atoms. The van der Waals surface area contributed by atoms with E-state index in [-0.39, 0.29) is 30.6 Å². The fourth-order valence-electron chi connectivity index (χ4n) is 2.33. The molecule has 0 fully saturated rings. The molecule has 0 saturated carbocycles. The number of likely N-dealkylation sites (N-methyl/N-ethyl adjacent to an activating group) is 2. The van der Waals surface area contributed by atoms with Gasteiger partial charge >= 0.3 is 0 Å². The van der Waals surface area contributed by atoms with Crippen molar-refractivity contribution >= 4 is 44.8 Å². The molecule has 2 aromatic rings. The zero-order valence-electron chi connectivity index (χ0n) is 14.9. The van der Waals surface area contributed by atoms with Crippen molar-refractivity contribution in [1.29, 1.82) is 0 Å². The number of nitrogens with zero attached hydrogens (tertiary/aromatic N) is 3. The predicted octanol–water partition coefficient (Wildman–Crippen LogP) is 2.89. The van der Waals surface area contributed by atoms with Crippen LogP contribution >= 0.6 is 15.9 Å². The molecule has 0 aliphatic carbocycles. The van der Waals surface area contributed by atoms with Crippen LogP contribution in [-0.2, 0) is 9.59 Å². The Balaban J connectivity index is 1.89. The van der Waals surface area contributed by atoms with Crippen molar-refractivity contribution in [2.75, 3.05) is 37.4 Å². The number of rotatable bonds is 7. The summed E-state index contributed by atoms with van der Waals surface area (Å²) in [5.41, 5.74) is 1.15. The highest BCUT2D eigenvalue weighted by Gasteiger charge is 2.16. The van der Waals surface area contributed by atoms with E-state index in [9.17, 15) is 19.7 Å². The lowest BCUT2D eigenvalue weighted by atomic mass is 10.2. The minimum atomic E-state index is -0.497. The molecule has 2 rings (SSSR count). The molecule has 8 nitrogen and oxygen atoms in total. The average molecular weight is 435 g/mol. The largest absolute Gasteiger partial charge is 0.324 e. The normalized spacial score (nSPS) is 10.5. The Kier molecular flexibility index (Phi) is 7.03. The van der Waals surface area contributed by atoms with Gasteiger partial charge in [-0.05, 0) is 47.2 Å². The van der Waals surface area contributed by atoms with Crippen LogP contribution in [0.1, 0.15) is 0 Å². The van der Waals surface area contributed by atoms with Crippen LogP contribution in [0, 0.1) is 10.1 Å². The first-order valence-corrected chi connectivity index (χ1v) is 8.81. The molecule has 0 aliphatic rings. The summed E-state index contributed by atoms with van der Waals surface area (Å²) in [7, 11) is 3.25. The maximum absolute atomic E-state index is 12.4. The summed E-state index contributed by atoms with van der Waals surface area (Å²) in [6.45, 7) is 0.0675. The molecule has 2 amide bonds. The monoisotopic (exact) mass is 434 g/mol. The van der Waals surface area contributed by atoms with Gasteiger partial charge < -0.3 is 10.2 Å². The maximum atomic E-state index is 12.4. The summed E-state index contributed by atoms with van der Waals surface area (Å²) in [5, 5.41) is 13.5. The predicted molar refractivity (Wildman–Crippen MR) is 107 cm³/mol. The van der Waals surface area contributed by atoms with E-state index >= 15 is 0 Å². The molecule has 0 saturated heterocycles. The highest BCUT2D eigenvalue weighted by Crippen LogP contribution is 2.21. The number of non-ortho nitro benzene ring substituents is 1. The van der Waals surface area contributed by atoms with Crippen molar-refractivity contribution in [3.63, 3.8) is 0 Å². The lowest BCUT2D eigenvalue weighted by molar-refractivity contribution is -0.384. The van der Waals surface area contributed by atoms with Gasteiger partial charge in [0.15, 0.2) is 0 Å². The molecule has 0 spiro atoms. The van der Waals surface area contributed by atoms with Gasteiger partial charge in [-0.1, -0.05) is 12.1 Å². The van der Waals surface area contributed by atoms with Gasteiger partial charge in [-0.2, -0.15) is 0 Å². The van der Waals surface area contributed by atoms with Gasteiger partial charge in [-0.25, -0.2) is 0 Å². The van der Waals surface area contributed by atoms with E-state index in [2.05, 4.69) is 21.2 Å². The van der Waals surface area contributed by atoms with Crippen molar-refractivity contribution in [3.05, 3.63) is 63.1 Å². The number of nitro groups is 1. The van der Waals surface area contributed by atoms with Crippen molar-refractivity contribution in [1.82, 2.24) is 4.90 Å². The van der Waals surface area contributed by atoms with Crippen molar-refractivity contribution in [3.8, 4) is 0 Å². The van der Waals surface area contributed by atoms with Crippen LogP contribution in [0.15, 0.2) is 53.0 Å². The first-order valence-electron chi connectivity index (χ1n) is 8.02. The molecular formula is C18H19BrN4O4. The van der Waals surface area contributed by atoms with E-state index in [1.165, 1.54) is 29.2 Å². The summed E-state index contributed by atoms with van der Waals surface area (Å²) in [4.78, 5) is 37.7. The van der Waals surface area contributed by atoms with Crippen LogP contribution in [0.4, 0.5) is 17.1 Å². The molecule has 0 bridgehead atoms. The number of hydrogen-bond acceptors (Lipinski definition) is 5. The number of nitrogens with one attached hydrogen (secondary N) is 1. The number of carbonyl (C=O) groups excluding carboxylic acids is 2. The summed E-state index contributed by atoms with van der Waals surface area (Å²) < 4.78 is 0.773. The lowest BCUT2D eigenvalue weighted by Crippen LogP contribution is -2.39. The summed E-state index contributed by atoms with van der Waals surface area (Å²) in [6, 6.07) is 13.0. The number of para-hydroxylation sites is 1. The average Bonchev–Trinajstić information content (AvgIpc) is 2.62. The molecule has 0 aromatic heterocycles. The van der Waals surface area contributed by atoms with Crippen molar-refractivity contribution < 1.29 is 14.5 Å². The minimum absolute atomic E-state index is 0.0247. The number of amides is 2. The molecule has 0 aliphatic heterocycles. The quantitative estimate of drug-likeness (QED) is 0.533. The van der Waals surface area contributed by atoms with Crippen LogP contribution < -0.4 is 10.2 Å². The molecule has 0 radical (unpaired) electrons. The molecule has 0 atom stereocenters. The van der Waals surface area contributed by atoms with Crippen LogP contribution in [0.5, 0.6) is 0 Å². The van der Waals surface area contributed by atoms with E-state index in [1.807, 2.05) is 18.2 Å². The van der Waals surface area contributed by atoms with Gasteiger partial charge in [0, 0.05) is 29.3 Å². The van der Waals surface area contributed by atoms with Crippen LogP contribution in [0.2, 0.25) is 0 Å². The number of nitro benzene ring substituents is 1. The third-order valence-corrected chi connectivity index (χ3v) is 4.48. The van der Waals surface area contributed by atoms with Crippen LogP contribution in [-0.4, -0.2) is 48.8 Å². The van der Waals surface area contributed by atoms with E-state index in [0.717, 1.165) is 4.47 Å². The number of benzene rings is 2. The second kappa shape index (κ2) is 9.24. The van der Waals surface area contributed by atoms with Gasteiger partial charge in [-0.3, -0.25) is 24.6 Å². The van der Waals surface area contributed by atoms with Crippen molar-refractivity contribution in [2.45, 2.75) is 0 Å². The Labute approximate surface area is 165 Å². The second-order valence-corrected chi connectivity index (χ2v) is 6.78. The molecule has 1 N–H and O–H groups in total. The van der Waals surface area contributed by atoms with Gasteiger partial charge in [0.05, 0.1) is 23.7 Å². The van der Waals surface area contributed by atoms with Gasteiger partial charge in [0.1, 0.15) is 0 Å². The number of carbonyl (C=O) groups is 2. The van der Waals surface area contributed by atoms with E-state index < -0.39 is 4.92 Å². The fourth-order valence-corrected chi connectivity index (χ4v) is 2.72. The van der Waals surface area contributed by atoms with Gasteiger partial charge in [0.2, 0.25) is 11.8 Å². The van der Waals surface area contributed by atoms with Crippen molar-refractivity contribution in [2.24, 2.45) is 0 Å². The maximum Gasteiger partial charge on any atom is 0.269 e. The highest BCUT2D eigenvalue weighted by atomic mass is 79.9. The Morgan fingerprint density at radius 1 is 1.07 bits per heavy atom. The van der Waals surface area contributed by atoms with Gasteiger partial charge in [-0.15, -0.1) is 0 Å². The molecule has 0 heterocycles. The summed E-state index contributed by atoms with van der Waals surface area (Å²) in [6.07, 6.45) is 0. The second-order valence-electron chi connectivity index (χ2n) is 5.93. The first-order chi connectivity index (χ1) is 12.8. The zero-order chi connectivity index (χ0) is 20.0. The topological polar surface area (TPSA) is 95.8 Å². The third-order valence-electron chi connectivity index (χ3n) is 3.79. The molecule has 9 heteroatoms. The number of hydrogen-bond donors (Lipinski definition) is 1. The minimum Gasteiger partial charge on any atom is -0.324 e. The number of halogens is 1. The number of anilines is 2. The van der Waals surface area contributed by atoms with Crippen LogP contribution in [0.25, 0.3) is 0 Å². The Morgan fingerprint density at radius 3 is 2.30 bits per heavy atom. The van der Waals surface area contributed by atoms with Gasteiger partial charge in [0.25, 0.3) is 5.69 Å². The molecule has 2 aromatic carbocycles. The Morgan fingerprint density at radius 2 is 1.70 bits per heavy atom. The third kappa shape index (κ3) is 5.87. The molecule has 0 unspecified atom stereocenters. The fraction of sp³-hybridized carbons (Fsp3) is 0.222. The van der Waals surface area contributed by atoms with Crippen LogP contribution in [0.3, 0.4) is 0 Å². The molecule has 142 valence electrons. The smallest absolute Gasteiger partial charge is 0.269 e. The lowest BCUT2D eigenvalue weighted by Gasteiger charge is -2.21. The molecular weight excluding hydrogens is 416 g/mol. The Bertz CT molecular complexity index is 842.